The second-order valence-electron chi connectivity index (χ2n) is 5.31. The van der Waals surface area contributed by atoms with E-state index < -0.39 is 18.5 Å². The van der Waals surface area contributed by atoms with Gasteiger partial charge in [-0.05, 0) is 29.6 Å². The molecule has 3 aromatic rings. The molecule has 7 nitrogen and oxygen atoms in total. The van der Waals surface area contributed by atoms with Crippen molar-refractivity contribution in [1.82, 2.24) is 4.98 Å². The summed E-state index contributed by atoms with van der Waals surface area (Å²) in [7, 11) is 0. The van der Waals surface area contributed by atoms with Crippen LogP contribution < -0.4 is 16.2 Å². The molecule has 9 heteroatoms. The summed E-state index contributed by atoms with van der Waals surface area (Å²) in [6.07, 6.45) is 1.33. The molecule has 26 heavy (non-hydrogen) atoms. The molecular weight excluding hydrogens is 422 g/mol. The van der Waals surface area contributed by atoms with Crippen LogP contribution in [0.25, 0.3) is 10.1 Å². The number of esters is 1. The van der Waals surface area contributed by atoms with Gasteiger partial charge in [-0.3, -0.25) is 4.79 Å². The molecular formula is C17H14BrN3O4S. The number of nitrogens with zero attached hydrogens (tertiary/aromatic N) is 1. The third kappa shape index (κ3) is 3.94. The Labute approximate surface area is 161 Å². The van der Waals surface area contributed by atoms with Gasteiger partial charge in [0.1, 0.15) is 18.2 Å². The number of anilines is 1. The van der Waals surface area contributed by atoms with Crippen molar-refractivity contribution >= 4 is 55.0 Å². The maximum absolute atomic E-state index is 12.2. The van der Waals surface area contributed by atoms with Crippen molar-refractivity contribution in [3.8, 4) is 5.75 Å². The number of primary amides is 1. The van der Waals surface area contributed by atoms with Crippen LogP contribution >= 0.6 is 27.3 Å². The van der Waals surface area contributed by atoms with Crippen LogP contribution in [0.4, 0.5) is 5.82 Å². The van der Waals surface area contributed by atoms with E-state index in [0.29, 0.717) is 21.7 Å². The lowest BCUT2D eigenvalue weighted by atomic mass is 10.1. The monoisotopic (exact) mass is 435 g/mol. The zero-order chi connectivity index (χ0) is 18.7. The Bertz CT molecular complexity index is 972. The Morgan fingerprint density at radius 1 is 1.23 bits per heavy atom. The molecule has 1 aromatic carbocycles. The van der Waals surface area contributed by atoms with Crippen LogP contribution in [0, 0.1) is 0 Å². The fourth-order valence-corrected chi connectivity index (χ4v) is 3.61. The number of aromatic nitrogens is 1. The standard InChI is InChI=1S/C17H14BrN3O4S/c18-10-1-3-11(4-2-10)24-6-9-8-26-15-12(5-21-16(20)14(9)15)17(23)25-7-13(19)22/h1-5,8H,6-7H2,(H2,19,22)(H2,20,21). The molecule has 2 aromatic heterocycles. The molecule has 0 saturated heterocycles. The minimum Gasteiger partial charge on any atom is -0.489 e. The van der Waals surface area contributed by atoms with Gasteiger partial charge in [0, 0.05) is 21.6 Å². The maximum Gasteiger partial charge on any atom is 0.341 e. The first kappa shape index (κ1) is 18.2. The number of rotatable bonds is 6. The predicted molar refractivity (Wildman–Crippen MR) is 102 cm³/mol. The minimum atomic E-state index is -0.729. The highest BCUT2D eigenvalue weighted by Crippen LogP contribution is 2.33. The van der Waals surface area contributed by atoms with Crippen molar-refractivity contribution in [2.75, 3.05) is 12.3 Å². The number of hydrogen-bond acceptors (Lipinski definition) is 7. The maximum atomic E-state index is 12.2. The normalized spacial score (nSPS) is 10.7. The third-order valence-corrected chi connectivity index (χ3v) is 5.06. The summed E-state index contributed by atoms with van der Waals surface area (Å²) >= 11 is 4.70. The first-order valence-electron chi connectivity index (χ1n) is 7.44. The largest absolute Gasteiger partial charge is 0.489 e. The van der Waals surface area contributed by atoms with E-state index in [1.807, 2.05) is 29.6 Å². The number of pyridine rings is 1. The van der Waals surface area contributed by atoms with E-state index in [0.717, 1.165) is 10.0 Å². The van der Waals surface area contributed by atoms with Gasteiger partial charge >= 0.3 is 5.97 Å². The van der Waals surface area contributed by atoms with Gasteiger partial charge in [0.2, 0.25) is 0 Å². The van der Waals surface area contributed by atoms with E-state index >= 15 is 0 Å². The molecule has 2 heterocycles. The number of fused-ring (bicyclic) bond motifs is 1. The molecule has 0 saturated carbocycles. The molecule has 134 valence electrons. The van der Waals surface area contributed by atoms with Crippen LogP contribution in [0.15, 0.2) is 40.3 Å². The number of ether oxygens (including phenoxy) is 2. The van der Waals surface area contributed by atoms with Gasteiger partial charge in [0.25, 0.3) is 5.91 Å². The quantitative estimate of drug-likeness (QED) is 0.574. The molecule has 0 aliphatic carbocycles. The lowest BCUT2D eigenvalue weighted by Gasteiger charge is -2.08. The molecule has 0 bridgehead atoms. The summed E-state index contributed by atoms with van der Waals surface area (Å²) in [4.78, 5) is 27.0. The van der Waals surface area contributed by atoms with Gasteiger partial charge in [-0.1, -0.05) is 15.9 Å². The lowest BCUT2D eigenvalue weighted by Crippen LogP contribution is -2.21. The molecule has 0 unspecified atom stereocenters. The number of halogens is 1. The number of nitrogen functional groups attached to an aromatic ring is 1. The van der Waals surface area contributed by atoms with Crippen molar-refractivity contribution in [3.63, 3.8) is 0 Å². The van der Waals surface area contributed by atoms with Gasteiger partial charge < -0.3 is 20.9 Å². The molecule has 0 aliphatic heterocycles. The summed E-state index contributed by atoms with van der Waals surface area (Å²) in [5.74, 6) is -0.408. The van der Waals surface area contributed by atoms with Crippen LogP contribution in [0.1, 0.15) is 15.9 Å². The van der Waals surface area contributed by atoms with E-state index in [2.05, 4.69) is 20.9 Å². The molecule has 0 atom stereocenters. The van der Waals surface area contributed by atoms with Crippen LogP contribution in [-0.4, -0.2) is 23.5 Å². The number of carbonyl (C=O) groups excluding carboxylic acids is 2. The van der Waals surface area contributed by atoms with E-state index in [-0.39, 0.29) is 12.2 Å². The Kier molecular flexibility index (Phi) is 5.38. The van der Waals surface area contributed by atoms with E-state index in [1.165, 1.54) is 17.5 Å². The number of hydrogen-bond donors (Lipinski definition) is 2. The number of nitrogens with two attached hydrogens (primary N) is 2. The predicted octanol–water partition coefficient (Wildman–Crippen LogP) is 2.86. The fraction of sp³-hybridized carbons (Fsp3) is 0.118. The molecule has 3 rings (SSSR count). The molecule has 0 spiro atoms. The zero-order valence-corrected chi connectivity index (χ0v) is 15.8. The average molecular weight is 436 g/mol. The van der Waals surface area contributed by atoms with Gasteiger partial charge in [-0.2, -0.15) is 0 Å². The van der Waals surface area contributed by atoms with Gasteiger partial charge in [0.05, 0.1) is 10.3 Å². The summed E-state index contributed by atoms with van der Waals surface area (Å²) < 4.78 is 12.2. The second kappa shape index (κ2) is 7.71. The molecule has 0 fully saturated rings. The van der Waals surface area contributed by atoms with E-state index in [1.54, 1.807) is 0 Å². The lowest BCUT2D eigenvalue weighted by molar-refractivity contribution is -0.121. The fourth-order valence-electron chi connectivity index (χ4n) is 2.29. The van der Waals surface area contributed by atoms with Crippen LogP contribution in [0.5, 0.6) is 5.75 Å². The van der Waals surface area contributed by atoms with Gasteiger partial charge in [-0.15, -0.1) is 11.3 Å². The topological polar surface area (TPSA) is 118 Å². The summed E-state index contributed by atoms with van der Waals surface area (Å²) in [5.41, 5.74) is 12.0. The Morgan fingerprint density at radius 3 is 2.65 bits per heavy atom. The first-order valence-corrected chi connectivity index (χ1v) is 9.11. The van der Waals surface area contributed by atoms with Crippen molar-refractivity contribution in [1.29, 1.82) is 0 Å². The summed E-state index contributed by atoms with van der Waals surface area (Å²) in [6.45, 7) is -0.219. The Hall–Kier alpha value is -2.65. The third-order valence-electron chi connectivity index (χ3n) is 3.47. The highest BCUT2D eigenvalue weighted by atomic mass is 79.9. The number of amides is 1. The zero-order valence-electron chi connectivity index (χ0n) is 13.4. The van der Waals surface area contributed by atoms with Crippen LogP contribution in [0.2, 0.25) is 0 Å². The minimum absolute atomic E-state index is 0.232. The number of carbonyl (C=O) groups is 2. The summed E-state index contributed by atoms with van der Waals surface area (Å²) in [6, 6.07) is 7.44. The Morgan fingerprint density at radius 2 is 1.96 bits per heavy atom. The smallest absolute Gasteiger partial charge is 0.341 e. The Balaban J connectivity index is 1.86. The van der Waals surface area contributed by atoms with Crippen molar-refractivity contribution < 1.29 is 19.1 Å². The van der Waals surface area contributed by atoms with Crippen molar-refractivity contribution in [3.05, 3.63) is 51.4 Å². The number of thiophene rings is 1. The first-order chi connectivity index (χ1) is 12.5. The summed E-state index contributed by atoms with van der Waals surface area (Å²) in [5, 5.41) is 2.49. The number of benzene rings is 1. The molecule has 0 aliphatic rings. The highest BCUT2D eigenvalue weighted by Gasteiger charge is 2.19. The molecule has 1 amide bonds. The average Bonchev–Trinajstić information content (AvgIpc) is 3.04. The SMILES string of the molecule is NC(=O)COC(=O)c1cnc(N)c2c(COc3ccc(Br)cc3)csc12. The molecule has 0 radical (unpaired) electrons. The van der Waals surface area contributed by atoms with Gasteiger partial charge in [-0.25, -0.2) is 9.78 Å². The van der Waals surface area contributed by atoms with Crippen molar-refractivity contribution in [2.24, 2.45) is 5.73 Å². The second-order valence-corrected chi connectivity index (χ2v) is 7.10. The van der Waals surface area contributed by atoms with E-state index in [4.69, 9.17) is 20.9 Å². The van der Waals surface area contributed by atoms with Crippen LogP contribution in [-0.2, 0) is 16.1 Å². The van der Waals surface area contributed by atoms with Crippen LogP contribution in [0.3, 0.4) is 0 Å². The van der Waals surface area contributed by atoms with Gasteiger partial charge in [0.15, 0.2) is 6.61 Å². The molecule has 4 N–H and O–H groups in total. The van der Waals surface area contributed by atoms with Crippen molar-refractivity contribution in [2.45, 2.75) is 6.61 Å². The highest BCUT2D eigenvalue weighted by molar-refractivity contribution is 9.10. The van der Waals surface area contributed by atoms with E-state index in [9.17, 15) is 9.59 Å².